The third-order valence-electron chi connectivity index (χ3n) is 2.67. The first-order valence-electron chi connectivity index (χ1n) is 4.46. The van der Waals surface area contributed by atoms with Crippen LogP contribution in [-0.4, -0.2) is 36.8 Å². The van der Waals surface area contributed by atoms with Gasteiger partial charge in [-0.25, -0.2) is 0 Å². The molecule has 1 heterocycles. The van der Waals surface area contributed by atoms with Crippen LogP contribution >= 0.6 is 0 Å². The monoisotopic (exact) mass is 196 g/mol. The highest BCUT2D eigenvalue weighted by Crippen LogP contribution is 2.28. The zero-order valence-corrected chi connectivity index (χ0v) is 7.64. The molecule has 0 amide bonds. The predicted molar refractivity (Wildman–Crippen MR) is 44.3 cm³/mol. The van der Waals surface area contributed by atoms with Crippen molar-refractivity contribution in [2.45, 2.75) is 25.6 Å². The van der Waals surface area contributed by atoms with E-state index in [0.29, 0.717) is 19.6 Å². The van der Waals surface area contributed by atoms with Gasteiger partial charge in [-0.15, -0.1) is 0 Å². The minimum absolute atomic E-state index is 0.241. The van der Waals surface area contributed by atoms with Crippen LogP contribution in [0.3, 0.4) is 0 Å². The molecule has 2 nitrogen and oxygen atoms in total. The summed E-state index contributed by atoms with van der Waals surface area (Å²) in [5.74, 6) is 0.241. The summed E-state index contributed by atoms with van der Waals surface area (Å²) in [6, 6.07) is -1.33. The van der Waals surface area contributed by atoms with Crippen molar-refractivity contribution in [2.75, 3.05) is 19.6 Å². The maximum Gasteiger partial charge on any atom is 0.403 e. The third kappa shape index (κ3) is 2.57. The molecule has 2 atom stereocenters. The van der Waals surface area contributed by atoms with Crippen LogP contribution in [-0.2, 0) is 0 Å². The number of hydrogen-bond donors (Lipinski definition) is 1. The molecule has 0 bridgehead atoms. The number of alkyl halides is 3. The Kier molecular flexibility index (Phi) is 3.18. The molecular weight excluding hydrogens is 181 g/mol. The fourth-order valence-corrected chi connectivity index (χ4v) is 1.61. The van der Waals surface area contributed by atoms with Gasteiger partial charge < -0.3 is 5.73 Å². The Balaban J connectivity index is 2.46. The summed E-state index contributed by atoms with van der Waals surface area (Å²) in [5.41, 5.74) is 5.40. The van der Waals surface area contributed by atoms with E-state index >= 15 is 0 Å². The van der Waals surface area contributed by atoms with E-state index in [1.54, 1.807) is 0 Å². The summed E-state index contributed by atoms with van der Waals surface area (Å²) < 4.78 is 36.8. The van der Waals surface area contributed by atoms with Crippen molar-refractivity contribution in [1.82, 2.24) is 4.90 Å². The standard InChI is InChI=1S/C8H15F3N2/c1-6(8(9,10)11)13-3-2-7(4-12)5-13/h6-7H,2-5,12H2,1H3. The molecule has 2 N–H and O–H groups in total. The van der Waals surface area contributed by atoms with E-state index in [1.807, 2.05) is 0 Å². The van der Waals surface area contributed by atoms with Gasteiger partial charge in [0.25, 0.3) is 0 Å². The molecule has 5 heteroatoms. The van der Waals surface area contributed by atoms with Crippen molar-refractivity contribution in [1.29, 1.82) is 0 Å². The fraction of sp³-hybridized carbons (Fsp3) is 1.00. The van der Waals surface area contributed by atoms with Gasteiger partial charge >= 0.3 is 6.18 Å². The molecule has 2 unspecified atom stereocenters. The summed E-state index contributed by atoms with van der Waals surface area (Å²) in [6.07, 6.45) is -3.32. The Hall–Kier alpha value is -0.290. The van der Waals surface area contributed by atoms with Crippen molar-refractivity contribution in [3.05, 3.63) is 0 Å². The Morgan fingerprint density at radius 1 is 1.54 bits per heavy atom. The average Bonchev–Trinajstić information content (AvgIpc) is 2.48. The van der Waals surface area contributed by atoms with Crippen molar-refractivity contribution >= 4 is 0 Å². The third-order valence-corrected chi connectivity index (χ3v) is 2.67. The lowest BCUT2D eigenvalue weighted by Crippen LogP contribution is -2.42. The van der Waals surface area contributed by atoms with Crippen LogP contribution < -0.4 is 5.73 Å². The van der Waals surface area contributed by atoms with E-state index in [0.717, 1.165) is 6.42 Å². The lowest BCUT2D eigenvalue weighted by molar-refractivity contribution is -0.176. The lowest BCUT2D eigenvalue weighted by atomic mass is 10.1. The number of rotatable bonds is 2. The summed E-state index contributed by atoms with van der Waals surface area (Å²) in [5, 5.41) is 0. The Labute approximate surface area is 75.9 Å². The van der Waals surface area contributed by atoms with Crippen LogP contribution in [0.2, 0.25) is 0 Å². The van der Waals surface area contributed by atoms with Gasteiger partial charge in [-0.05, 0) is 32.4 Å². The van der Waals surface area contributed by atoms with Gasteiger partial charge in [0.1, 0.15) is 6.04 Å². The molecule has 0 aromatic heterocycles. The molecule has 1 fully saturated rings. The fourth-order valence-electron chi connectivity index (χ4n) is 1.61. The van der Waals surface area contributed by atoms with E-state index in [2.05, 4.69) is 0 Å². The molecule has 13 heavy (non-hydrogen) atoms. The number of halogens is 3. The van der Waals surface area contributed by atoms with Crippen LogP contribution in [0.4, 0.5) is 13.2 Å². The van der Waals surface area contributed by atoms with Crippen LogP contribution in [0.15, 0.2) is 0 Å². The second-order valence-corrected chi connectivity index (χ2v) is 3.60. The second kappa shape index (κ2) is 3.84. The van der Waals surface area contributed by atoms with E-state index in [9.17, 15) is 13.2 Å². The van der Waals surface area contributed by atoms with Gasteiger partial charge in [0.2, 0.25) is 0 Å². The molecular formula is C8H15F3N2. The van der Waals surface area contributed by atoms with Crippen molar-refractivity contribution < 1.29 is 13.2 Å². The maximum atomic E-state index is 12.3. The van der Waals surface area contributed by atoms with E-state index in [4.69, 9.17) is 5.73 Å². The minimum atomic E-state index is -4.11. The average molecular weight is 196 g/mol. The first kappa shape index (κ1) is 10.8. The SMILES string of the molecule is CC(N1CCC(CN)C1)C(F)(F)F. The maximum absolute atomic E-state index is 12.3. The zero-order valence-electron chi connectivity index (χ0n) is 7.64. The van der Waals surface area contributed by atoms with Crippen LogP contribution in [0.25, 0.3) is 0 Å². The first-order chi connectivity index (χ1) is 5.95. The smallest absolute Gasteiger partial charge is 0.330 e. The van der Waals surface area contributed by atoms with Gasteiger partial charge in [0.05, 0.1) is 0 Å². The van der Waals surface area contributed by atoms with Gasteiger partial charge in [0, 0.05) is 6.54 Å². The van der Waals surface area contributed by atoms with Gasteiger partial charge in [-0.3, -0.25) is 4.90 Å². The molecule has 78 valence electrons. The molecule has 0 spiro atoms. The molecule has 1 aliphatic heterocycles. The number of likely N-dealkylation sites (tertiary alicyclic amines) is 1. The molecule has 0 aromatic carbocycles. The number of nitrogens with zero attached hydrogens (tertiary/aromatic N) is 1. The van der Waals surface area contributed by atoms with E-state index in [-0.39, 0.29) is 5.92 Å². The van der Waals surface area contributed by atoms with Crippen LogP contribution in [0.5, 0.6) is 0 Å². The highest BCUT2D eigenvalue weighted by molar-refractivity contribution is 4.83. The van der Waals surface area contributed by atoms with Crippen molar-refractivity contribution in [2.24, 2.45) is 11.7 Å². The molecule has 1 aliphatic rings. The molecule has 0 aliphatic carbocycles. The summed E-state index contributed by atoms with van der Waals surface area (Å²) in [7, 11) is 0. The number of hydrogen-bond acceptors (Lipinski definition) is 2. The first-order valence-corrected chi connectivity index (χ1v) is 4.46. The number of nitrogens with two attached hydrogens (primary N) is 1. The molecule has 1 saturated heterocycles. The van der Waals surface area contributed by atoms with Crippen molar-refractivity contribution in [3.63, 3.8) is 0 Å². The van der Waals surface area contributed by atoms with Crippen LogP contribution in [0, 0.1) is 5.92 Å². The topological polar surface area (TPSA) is 29.3 Å². The predicted octanol–water partition coefficient (Wildman–Crippen LogP) is 1.22. The second-order valence-electron chi connectivity index (χ2n) is 3.60. The Morgan fingerprint density at radius 2 is 2.15 bits per heavy atom. The molecule has 0 aromatic rings. The molecule has 0 saturated carbocycles. The van der Waals surface area contributed by atoms with Gasteiger partial charge in [-0.2, -0.15) is 13.2 Å². The zero-order chi connectivity index (χ0) is 10.1. The largest absolute Gasteiger partial charge is 0.403 e. The lowest BCUT2D eigenvalue weighted by Gasteiger charge is -2.26. The molecule has 1 rings (SSSR count). The Morgan fingerprint density at radius 3 is 2.54 bits per heavy atom. The van der Waals surface area contributed by atoms with Gasteiger partial charge in [-0.1, -0.05) is 0 Å². The van der Waals surface area contributed by atoms with Gasteiger partial charge in [0.15, 0.2) is 0 Å². The summed E-state index contributed by atoms with van der Waals surface area (Å²) in [6.45, 7) is 2.69. The highest BCUT2D eigenvalue weighted by Gasteiger charge is 2.42. The van der Waals surface area contributed by atoms with E-state index in [1.165, 1.54) is 11.8 Å². The Bertz CT molecular complexity index is 169. The summed E-state index contributed by atoms with van der Waals surface area (Å²) in [4.78, 5) is 1.46. The highest BCUT2D eigenvalue weighted by atomic mass is 19.4. The molecule has 0 radical (unpaired) electrons. The van der Waals surface area contributed by atoms with E-state index < -0.39 is 12.2 Å². The van der Waals surface area contributed by atoms with Crippen LogP contribution in [0.1, 0.15) is 13.3 Å². The normalized spacial score (nSPS) is 27.9. The summed E-state index contributed by atoms with van der Waals surface area (Å²) >= 11 is 0. The van der Waals surface area contributed by atoms with Crippen molar-refractivity contribution in [3.8, 4) is 0 Å². The quantitative estimate of drug-likeness (QED) is 0.719. The minimum Gasteiger partial charge on any atom is -0.330 e.